The van der Waals surface area contributed by atoms with Gasteiger partial charge in [0.2, 0.25) is 11.8 Å². The molecule has 0 heterocycles. The number of methoxy groups -OCH3 is 1. The lowest BCUT2D eigenvalue weighted by atomic mass is 10.1. The van der Waals surface area contributed by atoms with E-state index >= 15 is 0 Å². The number of hydrogen-bond donors (Lipinski definition) is 1. The Hall–Kier alpha value is -2.47. The summed E-state index contributed by atoms with van der Waals surface area (Å²) in [7, 11) is 1.62. The third-order valence-corrected chi connectivity index (χ3v) is 6.10. The van der Waals surface area contributed by atoms with Crippen molar-refractivity contribution in [2.75, 3.05) is 19.4 Å². The van der Waals surface area contributed by atoms with E-state index in [9.17, 15) is 9.59 Å². The summed E-state index contributed by atoms with van der Waals surface area (Å²) in [5.74, 6) is 1.98. The zero-order valence-corrected chi connectivity index (χ0v) is 20.9. The van der Waals surface area contributed by atoms with Gasteiger partial charge in [-0.3, -0.25) is 9.59 Å². The van der Waals surface area contributed by atoms with Crippen molar-refractivity contribution in [3.05, 3.63) is 64.7 Å². The quantitative estimate of drug-likeness (QED) is 0.531. The molecule has 0 fully saturated rings. The molecule has 6 heteroatoms. The highest BCUT2D eigenvalue weighted by Crippen LogP contribution is 2.19. The summed E-state index contributed by atoms with van der Waals surface area (Å²) in [5.41, 5.74) is 4.59. The van der Waals surface area contributed by atoms with Crippen LogP contribution in [-0.4, -0.2) is 42.2 Å². The number of hydrogen-bond acceptors (Lipinski definition) is 4. The number of benzene rings is 2. The van der Waals surface area contributed by atoms with Gasteiger partial charge in [0.1, 0.15) is 11.8 Å². The molecule has 0 aliphatic carbocycles. The molecule has 0 aliphatic rings. The second-order valence-corrected chi connectivity index (χ2v) is 9.66. The van der Waals surface area contributed by atoms with Crippen LogP contribution < -0.4 is 10.1 Å². The first-order valence-electron chi connectivity index (χ1n) is 11.0. The van der Waals surface area contributed by atoms with Crippen molar-refractivity contribution in [2.24, 2.45) is 5.92 Å². The first-order chi connectivity index (χ1) is 15.2. The highest BCUT2D eigenvalue weighted by molar-refractivity contribution is 7.99. The average Bonchev–Trinajstić information content (AvgIpc) is 2.74. The van der Waals surface area contributed by atoms with Gasteiger partial charge in [-0.25, -0.2) is 0 Å². The molecule has 174 valence electrons. The predicted molar refractivity (Wildman–Crippen MR) is 133 cm³/mol. The topological polar surface area (TPSA) is 58.6 Å². The van der Waals surface area contributed by atoms with Crippen molar-refractivity contribution in [2.45, 2.75) is 53.0 Å². The SMILES string of the molecule is COc1cccc(CN(C(=O)CSCc2cc(C)cc(C)c2)[C@H](C)C(=O)NCC(C)C)c1. The first-order valence-corrected chi connectivity index (χ1v) is 12.2. The summed E-state index contributed by atoms with van der Waals surface area (Å²) in [6, 6.07) is 13.5. The lowest BCUT2D eigenvalue weighted by Gasteiger charge is -2.29. The van der Waals surface area contributed by atoms with Gasteiger partial charge in [0.05, 0.1) is 12.9 Å². The molecule has 32 heavy (non-hydrogen) atoms. The van der Waals surface area contributed by atoms with E-state index in [2.05, 4.69) is 37.4 Å². The maximum atomic E-state index is 13.2. The molecule has 0 saturated carbocycles. The van der Waals surface area contributed by atoms with Gasteiger partial charge in [0.25, 0.3) is 0 Å². The lowest BCUT2D eigenvalue weighted by Crippen LogP contribution is -2.48. The smallest absolute Gasteiger partial charge is 0.242 e. The largest absolute Gasteiger partial charge is 0.497 e. The zero-order chi connectivity index (χ0) is 23.7. The molecule has 2 aromatic rings. The second-order valence-electron chi connectivity index (χ2n) is 8.68. The molecule has 2 amide bonds. The molecule has 0 radical (unpaired) electrons. The molecule has 5 nitrogen and oxygen atoms in total. The van der Waals surface area contributed by atoms with Crippen molar-refractivity contribution in [3.63, 3.8) is 0 Å². The maximum absolute atomic E-state index is 13.2. The predicted octanol–water partition coefficient (Wildman–Crippen LogP) is 4.73. The molecule has 0 bridgehead atoms. The number of carbonyl (C=O) groups is 2. The van der Waals surface area contributed by atoms with Gasteiger partial charge in [-0.15, -0.1) is 11.8 Å². The fourth-order valence-electron chi connectivity index (χ4n) is 3.49. The molecule has 0 saturated heterocycles. The van der Waals surface area contributed by atoms with Crippen LogP contribution in [0.15, 0.2) is 42.5 Å². The Kier molecular flexibility index (Phi) is 10.1. The molecule has 0 aromatic heterocycles. The van der Waals surface area contributed by atoms with E-state index in [1.807, 2.05) is 38.1 Å². The first kappa shape index (κ1) is 25.8. The van der Waals surface area contributed by atoms with Crippen LogP contribution in [0.5, 0.6) is 5.75 Å². The number of carbonyl (C=O) groups excluding carboxylic acids is 2. The molecule has 0 aliphatic heterocycles. The molecular weight excluding hydrogens is 420 g/mol. The van der Waals surface area contributed by atoms with Crippen LogP contribution in [0.1, 0.15) is 43.0 Å². The van der Waals surface area contributed by atoms with E-state index in [0.717, 1.165) is 17.1 Å². The Morgan fingerprint density at radius 1 is 1.03 bits per heavy atom. The summed E-state index contributed by atoms with van der Waals surface area (Å²) in [5, 5.41) is 2.96. The van der Waals surface area contributed by atoms with E-state index in [4.69, 9.17) is 4.74 Å². The Balaban J connectivity index is 2.10. The van der Waals surface area contributed by atoms with Crippen molar-refractivity contribution >= 4 is 23.6 Å². The molecule has 0 spiro atoms. The van der Waals surface area contributed by atoms with Gasteiger partial charge in [-0.1, -0.05) is 55.3 Å². The van der Waals surface area contributed by atoms with Crippen LogP contribution in [0.25, 0.3) is 0 Å². The van der Waals surface area contributed by atoms with Crippen LogP contribution in [0, 0.1) is 19.8 Å². The minimum absolute atomic E-state index is 0.0469. The number of aryl methyl sites for hydroxylation is 2. The third-order valence-electron chi connectivity index (χ3n) is 5.11. The molecule has 0 unspecified atom stereocenters. The number of nitrogens with one attached hydrogen (secondary N) is 1. The van der Waals surface area contributed by atoms with Crippen LogP contribution in [-0.2, 0) is 21.9 Å². The third kappa shape index (κ3) is 8.23. The van der Waals surface area contributed by atoms with Crippen LogP contribution >= 0.6 is 11.8 Å². The summed E-state index contributed by atoms with van der Waals surface area (Å²) in [6.07, 6.45) is 0. The van der Waals surface area contributed by atoms with Gasteiger partial charge >= 0.3 is 0 Å². The van der Waals surface area contributed by atoms with E-state index in [0.29, 0.717) is 24.8 Å². The van der Waals surface area contributed by atoms with E-state index in [-0.39, 0.29) is 11.8 Å². The fraction of sp³-hybridized carbons (Fsp3) is 0.462. The number of thioether (sulfide) groups is 1. The fourth-order valence-corrected chi connectivity index (χ4v) is 4.34. The van der Waals surface area contributed by atoms with Crippen LogP contribution in [0.2, 0.25) is 0 Å². The number of ether oxygens (including phenoxy) is 1. The van der Waals surface area contributed by atoms with E-state index in [1.165, 1.54) is 16.7 Å². The molecule has 2 aromatic carbocycles. The minimum atomic E-state index is -0.561. The van der Waals surface area contributed by atoms with E-state index in [1.54, 1.807) is 30.7 Å². The van der Waals surface area contributed by atoms with Crippen molar-refractivity contribution in [3.8, 4) is 5.75 Å². The second kappa shape index (κ2) is 12.5. The Morgan fingerprint density at radius 2 is 1.72 bits per heavy atom. The van der Waals surface area contributed by atoms with Gasteiger partial charge < -0.3 is 15.0 Å². The van der Waals surface area contributed by atoms with Crippen LogP contribution in [0.3, 0.4) is 0 Å². The van der Waals surface area contributed by atoms with E-state index < -0.39 is 6.04 Å². The summed E-state index contributed by atoms with van der Waals surface area (Å²) < 4.78 is 5.32. The summed E-state index contributed by atoms with van der Waals surface area (Å²) in [6.45, 7) is 11.0. The normalized spacial score (nSPS) is 11.8. The van der Waals surface area contributed by atoms with Crippen molar-refractivity contribution in [1.29, 1.82) is 0 Å². The van der Waals surface area contributed by atoms with Gasteiger partial charge in [-0.2, -0.15) is 0 Å². The number of nitrogens with zero attached hydrogens (tertiary/aromatic N) is 1. The molecule has 1 atom stereocenters. The van der Waals surface area contributed by atoms with Crippen molar-refractivity contribution in [1.82, 2.24) is 10.2 Å². The maximum Gasteiger partial charge on any atom is 0.242 e. The number of rotatable bonds is 11. The zero-order valence-electron chi connectivity index (χ0n) is 20.1. The Morgan fingerprint density at radius 3 is 2.34 bits per heavy atom. The molecular formula is C26H36N2O3S. The molecule has 2 rings (SSSR count). The Labute approximate surface area is 196 Å². The van der Waals surface area contributed by atoms with Gasteiger partial charge in [-0.05, 0) is 49.9 Å². The number of amides is 2. The van der Waals surface area contributed by atoms with Gasteiger partial charge in [0.15, 0.2) is 0 Å². The highest BCUT2D eigenvalue weighted by Gasteiger charge is 2.26. The van der Waals surface area contributed by atoms with Gasteiger partial charge in [0, 0.05) is 18.8 Å². The van der Waals surface area contributed by atoms with Crippen molar-refractivity contribution < 1.29 is 14.3 Å². The molecule has 1 N–H and O–H groups in total. The monoisotopic (exact) mass is 456 g/mol. The summed E-state index contributed by atoms with van der Waals surface area (Å²) >= 11 is 1.58. The average molecular weight is 457 g/mol. The minimum Gasteiger partial charge on any atom is -0.497 e. The van der Waals surface area contributed by atoms with Crippen LogP contribution in [0.4, 0.5) is 0 Å². The standard InChI is InChI=1S/C26H36N2O3S/c1-18(2)14-27-26(30)21(5)28(15-22-8-7-9-24(13-22)31-6)25(29)17-32-16-23-11-19(3)10-20(4)12-23/h7-13,18,21H,14-17H2,1-6H3,(H,27,30)/t21-/m1/s1. The summed E-state index contributed by atoms with van der Waals surface area (Å²) in [4.78, 5) is 27.6. The highest BCUT2D eigenvalue weighted by atomic mass is 32.2. The Bertz CT molecular complexity index is 893. The lowest BCUT2D eigenvalue weighted by molar-refractivity contribution is -0.138.